The van der Waals surface area contributed by atoms with Gasteiger partial charge in [0.15, 0.2) is 5.78 Å². The molecule has 1 aromatic carbocycles. The van der Waals surface area contributed by atoms with E-state index in [2.05, 4.69) is 21.6 Å². The lowest BCUT2D eigenvalue weighted by molar-refractivity contribution is -0.119. The van der Waals surface area contributed by atoms with Crippen LogP contribution < -0.4 is 14.2 Å². The van der Waals surface area contributed by atoms with Crippen molar-refractivity contribution < 1.29 is 22.7 Å². The molecule has 0 spiro atoms. The number of aromatic nitrogens is 2. The Kier molecular flexibility index (Phi) is 8.79. The Balaban J connectivity index is 2.04. The summed E-state index contributed by atoms with van der Waals surface area (Å²) in [5, 5.41) is 0.342. The van der Waals surface area contributed by atoms with E-state index >= 15 is 0 Å². The van der Waals surface area contributed by atoms with Crippen LogP contribution in [0.2, 0.25) is 5.02 Å². The van der Waals surface area contributed by atoms with E-state index in [0.717, 1.165) is 30.2 Å². The van der Waals surface area contributed by atoms with Crippen molar-refractivity contribution in [3.63, 3.8) is 0 Å². The zero-order valence-electron chi connectivity index (χ0n) is 18.1. The minimum absolute atomic E-state index is 0.293. The highest BCUT2D eigenvalue weighted by Crippen LogP contribution is 2.35. The number of carbonyl (C=O) groups excluding carboxylic acids is 1. The van der Waals surface area contributed by atoms with Crippen molar-refractivity contribution in [1.29, 1.82) is 0 Å². The smallest absolute Gasteiger partial charge is 0.316 e. The number of carbonyl (C=O) groups is 1. The predicted molar refractivity (Wildman–Crippen MR) is 119 cm³/mol. The molecule has 0 fully saturated rings. The summed E-state index contributed by atoms with van der Waals surface area (Å²) >= 11 is 6.35. The fourth-order valence-electron chi connectivity index (χ4n) is 2.62. The van der Waals surface area contributed by atoms with Crippen LogP contribution in [-0.2, 0) is 20.2 Å². The third-order valence-electron chi connectivity index (χ3n) is 4.65. The zero-order valence-corrected chi connectivity index (χ0v) is 19.7. The number of Topliss-reactive ketones (excluding diaryl/α,β-unsaturated/α-hetero) is 1. The van der Waals surface area contributed by atoms with E-state index in [1.54, 1.807) is 24.5 Å². The second-order valence-corrected chi connectivity index (χ2v) is 9.89. The van der Waals surface area contributed by atoms with Crippen molar-refractivity contribution >= 4 is 27.4 Å². The van der Waals surface area contributed by atoms with Crippen LogP contribution in [0.25, 0.3) is 0 Å². The number of ketones is 1. The normalized spacial score (nSPS) is 11.9. The quantitative estimate of drug-likeness (QED) is 0.476. The van der Waals surface area contributed by atoms with E-state index in [1.165, 1.54) is 0 Å². The molecule has 31 heavy (non-hydrogen) atoms. The molecule has 2 rings (SSSR count). The molecule has 0 saturated carbocycles. The molecule has 0 saturated heterocycles. The van der Waals surface area contributed by atoms with Crippen LogP contribution in [-0.4, -0.2) is 50.2 Å². The first kappa shape index (κ1) is 25.0. The van der Waals surface area contributed by atoms with Crippen molar-refractivity contribution in [2.45, 2.75) is 39.0 Å². The van der Waals surface area contributed by atoms with Gasteiger partial charge in [-0.15, -0.1) is 0 Å². The van der Waals surface area contributed by atoms with Gasteiger partial charge in [-0.1, -0.05) is 44.9 Å². The molecule has 1 heterocycles. The molecular weight excluding hydrogens is 442 g/mol. The molecule has 2 aromatic rings. The third-order valence-corrected chi connectivity index (χ3v) is 5.62. The van der Waals surface area contributed by atoms with E-state index < -0.39 is 21.2 Å². The summed E-state index contributed by atoms with van der Waals surface area (Å²) in [6.45, 7) is 6.10. The van der Waals surface area contributed by atoms with Gasteiger partial charge in [-0.3, -0.25) is 4.79 Å². The van der Waals surface area contributed by atoms with Gasteiger partial charge in [0, 0.05) is 17.8 Å². The maximum absolute atomic E-state index is 11.8. The number of ether oxygens (including phenoxy) is 2. The van der Waals surface area contributed by atoms with Gasteiger partial charge in [0.1, 0.15) is 12.4 Å². The molecule has 1 N–H and O–H groups in total. The molecule has 0 aliphatic carbocycles. The van der Waals surface area contributed by atoms with Gasteiger partial charge < -0.3 is 9.47 Å². The molecule has 0 radical (unpaired) electrons. The first-order valence-corrected chi connectivity index (χ1v) is 12.1. The summed E-state index contributed by atoms with van der Waals surface area (Å²) in [6, 6.07) is 5.65. The van der Waals surface area contributed by atoms with Gasteiger partial charge in [-0.25, -0.2) is 23.1 Å². The third kappa shape index (κ3) is 7.75. The Labute approximate surface area is 188 Å². The number of nitrogens with one attached hydrogen (secondary N) is 1. The Morgan fingerprint density at radius 3 is 2.42 bits per heavy atom. The Hall–Kier alpha value is -2.23. The number of benzene rings is 1. The highest BCUT2D eigenvalue weighted by Gasteiger charge is 2.25. The molecule has 0 atom stereocenters. The lowest BCUT2D eigenvalue weighted by Gasteiger charge is -2.26. The van der Waals surface area contributed by atoms with Crippen LogP contribution in [0.3, 0.4) is 0 Å². The molecule has 1 aromatic heterocycles. The lowest BCUT2D eigenvalue weighted by Crippen LogP contribution is -2.31. The van der Waals surface area contributed by atoms with Crippen LogP contribution in [0.5, 0.6) is 11.8 Å². The van der Waals surface area contributed by atoms with Crippen LogP contribution in [0.4, 0.5) is 0 Å². The number of halogens is 1. The second-order valence-electron chi connectivity index (χ2n) is 7.65. The number of rotatable bonds is 12. The van der Waals surface area contributed by atoms with Gasteiger partial charge in [-0.05, 0) is 29.7 Å². The summed E-state index contributed by atoms with van der Waals surface area (Å²) in [7, 11) is -3.44. The fourth-order valence-corrected chi connectivity index (χ4v) is 3.27. The van der Waals surface area contributed by atoms with Gasteiger partial charge in [0.05, 0.1) is 24.4 Å². The predicted octanol–water partition coefficient (Wildman–Crippen LogP) is 3.13. The highest BCUT2D eigenvalue weighted by atomic mass is 35.5. The first-order valence-electron chi connectivity index (χ1n) is 9.87. The van der Waals surface area contributed by atoms with Gasteiger partial charge in [0.25, 0.3) is 0 Å². The number of sulfonamides is 1. The second kappa shape index (κ2) is 10.9. The molecule has 0 aliphatic rings. The molecule has 0 amide bonds. The average Bonchev–Trinajstić information content (AvgIpc) is 2.71. The Morgan fingerprint density at radius 2 is 1.84 bits per heavy atom. The first-order chi connectivity index (χ1) is 14.5. The number of hydrogen-bond acceptors (Lipinski definition) is 7. The number of hydrogen-bond donors (Lipinski definition) is 1. The van der Waals surface area contributed by atoms with Crippen LogP contribution in [0.1, 0.15) is 44.7 Å². The van der Waals surface area contributed by atoms with Gasteiger partial charge >= 0.3 is 6.01 Å². The van der Waals surface area contributed by atoms with Gasteiger partial charge in [-0.2, -0.15) is 0 Å². The Bertz CT molecular complexity index is 995. The van der Waals surface area contributed by atoms with E-state index in [1.807, 2.05) is 19.9 Å². The maximum atomic E-state index is 11.8. The minimum atomic E-state index is -3.44. The molecule has 0 unspecified atom stereocenters. The molecular formula is C21H28ClN3O5S. The topological polar surface area (TPSA) is 107 Å². The van der Waals surface area contributed by atoms with Crippen molar-refractivity contribution in [3.8, 4) is 11.8 Å². The van der Waals surface area contributed by atoms with Crippen molar-refractivity contribution in [2.24, 2.45) is 0 Å². The molecule has 0 bridgehead atoms. The lowest BCUT2D eigenvalue weighted by atomic mass is 9.79. The van der Waals surface area contributed by atoms with Crippen LogP contribution >= 0.6 is 11.6 Å². The van der Waals surface area contributed by atoms with Crippen molar-refractivity contribution in [2.75, 3.05) is 26.0 Å². The molecule has 10 heteroatoms. The van der Waals surface area contributed by atoms with Crippen LogP contribution in [0, 0.1) is 0 Å². The van der Waals surface area contributed by atoms with Gasteiger partial charge in [0.2, 0.25) is 10.0 Å². The van der Waals surface area contributed by atoms with E-state index in [9.17, 15) is 13.2 Å². The van der Waals surface area contributed by atoms with Crippen molar-refractivity contribution in [1.82, 2.24) is 14.7 Å². The highest BCUT2D eigenvalue weighted by molar-refractivity contribution is 7.88. The zero-order chi connectivity index (χ0) is 23.1. The average molecular weight is 470 g/mol. The SMILES string of the molecule is CCCCOc1ncc(C(C)(C)c2ccc(OCC(=O)CNS(C)(=O)=O)c(Cl)c2)cn1. The molecule has 170 valence electrons. The number of unbranched alkanes of at least 4 members (excludes halogenated alkanes) is 1. The van der Waals surface area contributed by atoms with Crippen LogP contribution in [0.15, 0.2) is 30.6 Å². The standard InChI is InChI=1S/C21H28ClN3O5S/c1-5-6-9-29-20-23-11-16(12-24-20)21(2,3)15-7-8-19(18(22)10-15)30-14-17(26)13-25-31(4,27)28/h7-8,10-12,25H,5-6,9,13-14H2,1-4H3. The fraction of sp³-hybridized carbons (Fsp3) is 0.476. The minimum Gasteiger partial charge on any atom is -0.484 e. The maximum Gasteiger partial charge on any atom is 0.316 e. The van der Waals surface area contributed by atoms with Crippen molar-refractivity contribution in [3.05, 3.63) is 46.7 Å². The largest absolute Gasteiger partial charge is 0.484 e. The summed E-state index contributed by atoms with van der Waals surface area (Å²) < 4.78 is 35.2. The molecule has 0 aliphatic heterocycles. The van der Waals surface area contributed by atoms with E-state index in [0.29, 0.717) is 23.4 Å². The monoisotopic (exact) mass is 469 g/mol. The number of nitrogens with zero attached hydrogens (tertiary/aromatic N) is 2. The summed E-state index contributed by atoms with van der Waals surface area (Å²) in [5.74, 6) is -0.0749. The summed E-state index contributed by atoms with van der Waals surface area (Å²) in [6.07, 6.45) is 6.44. The Morgan fingerprint density at radius 1 is 1.16 bits per heavy atom. The summed E-state index contributed by atoms with van der Waals surface area (Å²) in [4.78, 5) is 20.4. The molecule has 8 nitrogen and oxygen atoms in total. The van der Waals surface area contributed by atoms with E-state index in [4.69, 9.17) is 21.1 Å². The van der Waals surface area contributed by atoms with E-state index in [-0.39, 0.29) is 13.2 Å². The summed E-state index contributed by atoms with van der Waals surface area (Å²) in [5.41, 5.74) is 1.37.